The Labute approximate surface area is 191 Å². The number of hydrogen-bond donors (Lipinski definition) is 0. The van der Waals surface area contributed by atoms with Gasteiger partial charge in [-0.15, -0.1) is 0 Å². The molecule has 1 aliphatic heterocycles. The Morgan fingerprint density at radius 1 is 1.03 bits per heavy atom. The molecule has 0 unspecified atom stereocenters. The average Bonchev–Trinajstić information content (AvgIpc) is 2.70. The third-order valence-corrected chi connectivity index (χ3v) is 8.85. The predicted octanol–water partition coefficient (Wildman–Crippen LogP) is 2.71. The van der Waals surface area contributed by atoms with Crippen molar-refractivity contribution in [1.82, 2.24) is 4.90 Å². The van der Waals surface area contributed by atoms with Crippen LogP contribution in [0.15, 0.2) is 24.3 Å². The van der Waals surface area contributed by atoms with Gasteiger partial charge in [0.1, 0.15) is 25.9 Å². The minimum atomic E-state index is -3.54. The Kier molecular flexibility index (Phi) is 5.54. The summed E-state index contributed by atoms with van der Waals surface area (Å²) in [6.45, 7) is 1.74. The number of quaternary nitrogens is 1. The molecule has 5 fully saturated rings. The average molecular weight is 464 g/mol. The van der Waals surface area contributed by atoms with Crippen LogP contribution in [0.2, 0.25) is 0 Å². The van der Waals surface area contributed by atoms with Gasteiger partial charge < -0.3 is 9.64 Å². The van der Waals surface area contributed by atoms with Crippen molar-refractivity contribution in [2.24, 2.45) is 17.8 Å². The fourth-order valence-electron chi connectivity index (χ4n) is 7.14. The molecule has 0 N–H and O–H groups in total. The lowest BCUT2D eigenvalue weighted by Gasteiger charge is -2.57. The molecule has 1 saturated heterocycles. The number of piperazine rings is 1. The van der Waals surface area contributed by atoms with Crippen molar-refractivity contribution in [2.45, 2.75) is 43.9 Å². The number of benzene rings is 1. The van der Waals surface area contributed by atoms with E-state index in [9.17, 15) is 13.2 Å². The SMILES string of the molecule is C[N+]1(OS(C)(=O)=O)CCN(C(=O)COc2ccc(C34CC5CC(CC(C5)C3)C4)cc2)CC1. The van der Waals surface area contributed by atoms with Crippen LogP contribution in [-0.2, 0) is 24.6 Å². The summed E-state index contributed by atoms with van der Waals surface area (Å²) in [5.41, 5.74) is 1.82. The number of rotatable bonds is 6. The topological polar surface area (TPSA) is 72.9 Å². The molecule has 0 atom stereocenters. The van der Waals surface area contributed by atoms with Gasteiger partial charge in [-0.25, -0.2) is 0 Å². The van der Waals surface area contributed by atoms with Crippen LogP contribution >= 0.6 is 0 Å². The second kappa shape index (κ2) is 7.99. The molecule has 0 spiro atoms. The van der Waals surface area contributed by atoms with Crippen LogP contribution in [0.25, 0.3) is 0 Å². The lowest BCUT2D eigenvalue weighted by Crippen LogP contribution is -2.59. The summed E-state index contributed by atoms with van der Waals surface area (Å²) in [5.74, 6) is 3.40. The molecule has 176 valence electrons. The van der Waals surface area contributed by atoms with Gasteiger partial charge in [0.15, 0.2) is 6.61 Å². The van der Waals surface area contributed by atoms with E-state index >= 15 is 0 Å². The molecule has 4 aliphatic carbocycles. The first-order chi connectivity index (χ1) is 15.1. The number of carbonyl (C=O) groups excluding carboxylic acids is 1. The highest BCUT2D eigenvalue weighted by molar-refractivity contribution is 7.85. The number of ether oxygens (including phenoxy) is 1. The fourth-order valence-corrected chi connectivity index (χ4v) is 7.95. The highest BCUT2D eigenvalue weighted by Gasteiger charge is 2.51. The van der Waals surface area contributed by atoms with Gasteiger partial charge in [-0.3, -0.25) is 4.79 Å². The molecule has 5 aliphatic rings. The second-order valence-electron chi connectivity index (χ2n) is 10.9. The summed E-state index contributed by atoms with van der Waals surface area (Å²) >= 11 is 0. The smallest absolute Gasteiger partial charge is 0.311 e. The Morgan fingerprint density at radius 2 is 1.56 bits per heavy atom. The predicted molar refractivity (Wildman–Crippen MR) is 120 cm³/mol. The van der Waals surface area contributed by atoms with Gasteiger partial charge >= 0.3 is 10.1 Å². The molecular formula is C24H35N2O5S+. The van der Waals surface area contributed by atoms with E-state index in [4.69, 9.17) is 9.02 Å². The molecule has 8 heteroatoms. The summed E-state index contributed by atoms with van der Waals surface area (Å²) in [6.07, 6.45) is 9.40. The first kappa shape index (κ1) is 22.2. The molecule has 1 amide bonds. The summed E-state index contributed by atoms with van der Waals surface area (Å²) in [7, 11) is -1.81. The largest absolute Gasteiger partial charge is 0.484 e. The van der Waals surface area contributed by atoms with Crippen LogP contribution in [0.4, 0.5) is 0 Å². The van der Waals surface area contributed by atoms with Crippen molar-refractivity contribution in [2.75, 3.05) is 46.1 Å². The van der Waals surface area contributed by atoms with Gasteiger partial charge in [0.2, 0.25) is 0 Å². The van der Waals surface area contributed by atoms with E-state index in [1.807, 2.05) is 12.1 Å². The highest BCUT2D eigenvalue weighted by Crippen LogP contribution is 2.60. The normalized spacial score (nSPS) is 33.3. The highest BCUT2D eigenvalue weighted by atomic mass is 32.2. The molecule has 6 rings (SSSR count). The third-order valence-electron chi connectivity index (χ3n) is 8.22. The van der Waals surface area contributed by atoms with Gasteiger partial charge in [0.05, 0.1) is 19.3 Å². The summed E-state index contributed by atoms with van der Waals surface area (Å²) in [6, 6.07) is 8.48. The quantitative estimate of drug-likeness (QED) is 0.607. The molecule has 0 aromatic heterocycles. The maximum Gasteiger partial charge on any atom is 0.311 e. The lowest BCUT2D eigenvalue weighted by molar-refractivity contribution is -1.07. The Morgan fingerprint density at radius 3 is 2.06 bits per heavy atom. The van der Waals surface area contributed by atoms with E-state index in [0.717, 1.165) is 29.8 Å². The van der Waals surface area contributed by atoms with Crippen LogP contribution in [0.3, 0.4) is 0 Å². The van der Waals surface area contributed by atoms with Crippen molar-refractivity contribution >= 4 is 16.0 Å². The van der Waals surface area contributed by atoms with E-state index in [2.05, 4.69) is 12.1 Å². The first-order valence-electron chi connectivity index (χ1n) is 11.9. The second-order valence-corrected chi connectivity index (χ2v) is 12.5. The van der Waals surface area contributed by atoms with Crippen molar-refractivity contribution in [3.05, 3.63) is 29.8 Å². The number of hydroxylamine groups is 3. The standard InChI is InChI=1S/C24H35N2O5S/c1-26(31-32(2,28)29)9-7-25(8-10-26)23(27)17-30-22-5-3-21(4-6-22)24-14-18-11-19(15-24)13-20(12-18)16-24/h3-6,18-20H,7-17H2,1-2H3/q+1. The monoisotopic (exact) mass is 463 g/mol. The summed E-state index contributed by atoms with van der Waals surface area (Å²) in [5, 5.41) is 0. The van der Waals surface area contributed by atoms with E-state index in [-0.39, 0.29) is 17.2 Å². The van der Waals surface area contributed by atoms with Gasteiger partial charge in [0.25, 0.3) is 5.91 Å². The lowest BCUT2D eigenvalue weighted by atomic mass is 9.48. The van der Waals surface area contributed by atoms with Crippen LogP contribution in [0, 0.1) is 17.8 Å². The minimum absolute atomic E-state index is 0.00659. The van der Waals surface area contributed by atoms with Crippen LogP contribution < -0.4 is 4.74 Å². The third kappa shape index (κ3) is 4.54. The number of amides is 1. The molecule has 4 saturated carbocycles. The minimum Gasteiger partial charge on any atom is -0.484 e. The molecule has 1 aromatic rings. The Hall–Kier alpha value is -1.64. The fraction of sp³-hybridized carbons (Fsp3) is 0.708. The van der Waals surface area contributed by atoms with Gasteiger partial charge in [-0.05, 0) is 79.4 Å². The molecule has 1 aromatic carbocycles. The Bertz CT molecular complexity index is 931. The molecule has 4 bridgehead atoms. The zero-order chi connectivity index (χ0) is 22.6. The van der Waals surface area contributed by atoms with E-state index in [0.29, 0.717) is 31.6 Å². The van der Waals surface area contributed by atoms with Crippen molar-refractivity contribution in [3.8, 4) is 5.75 Å². The first-order valence-corrected chi connectivity index (χ1v) is 13.7. The van der Waals surface area contributed by atoms with Gasteiger partial charge in [0, 0.05) is 0 Å². The number of hydrogen-bond acceptors (Lipinski definition) is 5. The molecule has 0 radical (unpaired) electrons. The van der Waals surface area contributed by atoms with E-state index in [1.54, 1.807) is 11.9 Å². The van der Waals surface area contributed by atoms with Gasteiger partial charge in [-0.2, -0.15) is 13.1 Å². The van der Waals surface area contributed by atoms with E-state index in [1.165, 1.54) is 44.1 Å². The molecular weight excluding hydrogens is 428 g/mol. The maximum atomic E-state index is 12.6. The summed E-state index contributed by atoms with van der Waals surface area (Å²) < 4.78 is 33.8. The van der Waals surface area contributed by atoms with E-state index < -0.39 is 10.1 Å². The van der Waals surface area contributed by atoms with Crippen LogP contribution in [-0.4, -0.2) is 70.0 Å². The zero-order valence-corrected chi connectivity index (χ0v) is 20.0. The van der Waals surface area contributed by atoms with Crippen molar-refractivity contribution in [1.29, 1.82) is 0 Å². The van der Waals surface area contributed by atoms with Crippen molar-refractivity contribution in [3.63, 3.8) is 0 Å². The van der Waals surface area contributed by atoms with Crippen LogP contribution in [0.1, 0.15) is 44.1 Å². The molecule has 32 heavy (non-hydrogen) atoms. The summed E-state index contributed by atoms with van der Waals surface area (Å²) in [4.78, 5) is 14.3. The number of likely N-dealkylation sites (N-methyl/N-ethyl adjacent to an activating group) is 1. The van der Waals surface area contributed by atoms with Crippen molar-refractivity contribution < 1.29 is 26.9 Å². The number of nitrogens with zero attached hydrogens (tertiary/aromatic N) is 2. The van der Waals surface area contributed by atoms with Crippen LogP contribution in [0.5, 0.6) is 5.75 Å². The zero-order valence-electron chi connectivity index (χ0n) is 19.2. The number of carbonyl (C=O) groups is 1. The molecule has 7 nitrogen and oxygen atoms in total. The maximum absolute atomic E-state index is 12.6. The van der Waals surface area contributed by atoms with Gasteiger partial charge in [-0.1, -0.05) is 16.4 Å². The Balaban J connectivity index is 1.14. The molecule has 1 heterocycles.